The first-order valence-electron chi connectivity index (χ1n) is 6.78. The number of nitrogens with one attached hydrogen (secondary N) is 2. The number of hydrogen-bond acceptors (Lipinski definition) is 5. The number of para-hydroxylation sites is 1. The molecule has 0 aliphatic rings. The number of carbonyl (C=O) groups excluding carboxylic acids is 1. The first-order chi connectivity index (χ1) is 10.8. The van der Waals surface area contributed by atoms with E-state index in [1.807, 2.05) is 0 Å². The van der Waals surface area contributed by atoms with E-state index in [0.717, 1.165) is 0 Å². The zero-order valence-corrected chi connectivity index (χ0v) is 13.4. The maximum Gasteiger partial charge on any atom is 0.245 e. The number of amides is 1. The number of aryl methyl sites for hydroxylation is 2. The summed E-state index contributed by atoms with van der Waals surface area (Å²) in [6.07, 6.45) is -0.142. The van der Waals surface area contributed by atoms with Crippen LogP contribution in [0.4, 0.5) is 10.1 Å². The summed E-state index contributed by atoms with van der Waals surface area (Å²) < 4.78 is 44.7. The molecule has 1 aromatic carbocycles. The number of aromatic nitrogens is 1. The Labute approximate surface area is 132 Å². The summed E-state index contributed by atoms with van der Waals surface area (Å²) in [5, 5.41) is 5.95. The normalized spacial score (nSPS) is 11.4. The summed E-state index contributed by atoms with van der Waals surface area (Å²) in [6, 6.07) is 5.72. The van der Waals surface area contributed by atoms with Crippen LogP contribution in [0, 0.1) is 19.7 Å². The minimum Gasteiger partial charge on any atom is -0.360 e. The predicted molar refractivity (Wildman–Crippen MR) is 80.8 cm³/mol. The summed E-state index contributed by atoms with van der Waals surface area (Å²) in [5.41, 5.74) is 0.289. The SMILES string of the molecule is Cc1noc(C)c1S(=O)(=O)NCCC(=O)Nc1ccccc1F. The van der Waals surface area contributed by atoms with Gasteiger partial charge >= 0.3 is 0 Å². The topological polar surface area (TPSA) is 101 Å². The second kappa shape index (κ2) is 6.88. The summed E-state index contributed by atoms with van der Waals surface area (Å²) in [7, 11) is -3.82. The van der Waals surface area contributed by atoms with Crippen molar-refractivity contribution < 1.29 is 22.1 Å². The van der Waals surface area contributed by atoms with Crippen molar-refractivity contribution in [3.63, 3.8) is 0 Å². The molecule has 124 valence electrons. The van der Waals surface area contributed by atoms with Crippen molar-refractivity contribution in [1.82, 2.24) is 9.88 Å². The number of hydrogen-bond donors (Lipinski definition) is 2. The molecule has 0 radical (unpaired) electrons. The minimum atomic E-state index is -3.82. The van der Waals surface area contributed by atoms with Crippen molar-refractivity contribution in [3.05, 3.63) is 41.5 Å². The highest BCUT2D eigenvalue weighted by molar-refractivity contribution is 7.89. The fourth-order valence-electron chi connectivity index (χ4n) is 2.00. The second-order valence-corrected chi connectivity index (χ2v) is 6.53. The Hall–Kier alpha value is -2.26. The quantitative estimate of drug-likeness (QED) is 0.833. The Morgan fingerprint density at radius 2 is 2.00 bits per heavy atom. The van der Waals surface area contributed by atoms with Gasteiger partial charge in [-0.3, -0.25) is 4.79 Å². The third-order valence-corrected chi connectivity index (χ3v) is 4.73. The standard InChI is InChI=1S/C14H16FN3O4S/c1-9-14(10(2)22-18-9)23(20,21)16-8-7-13(19)17-12-6-4-3-5-11(12)15/h3-6,16H,7-8H2,1-2H3,(H,17,19). The highest BCUT2D eigenvalue weighted by atomic mass is 32.2. The number of rotatable bonds is 6. The maximum absolute atomic E-state index is 13.4. The van der Waals surface area contributed by atoms with Crippen molar-refractivity contribution in [1.29, 1.82) is 0 Å². The van der Waals surface area contributed by atoms with Gasteiger partial charge in [-0.2, -0.15) is 0 Å². The molecule has 0 saturated carbocycles. The first kappa shape index (κ1) is 17.1. The van der Waals surface area contributed by atoms with E-state index in [-0.39, 0.29) is 35.0 Å². The third-order valence-electron chi connectivity index (χ3n) is 3.03. The lowest BCUT2D eigenvalue weighted by Gasteiger charge is -2.08. The van der Waals surface area contributed by atoms with Gasteiger partial charge in [0.15, 0.2) is 5.76 Å². The Kier molecular flexibility index (Phi) is 5.12. The molecule has 0 fully saturated rings. The van der Waals surface area contributed by atoms with Gasteiger partial charge in [-0.15, -0.1) is 0 Å². The van der Waals surface area contributed by atoms with Crippen molar-refractivity contribution >= 4 is 21.6 Å². The van der Waals surface area contributed by atoms with Gasteiger partial charge in [-0.05, 0) is 26.0 Å². The molecule has 0 atom stereocenters. The van der Waals surface area contributed by atoms with Gasteiger partial charge in [0.25, 0.3) is 0 Å². The summed E-state index contributed by atoms with van der Waals surface area (Å²) in [6.45, 7) is 2.86. The largest absolute Gasteiger partial charge is 0.360 e. The lowest BCUT2D eigenvalue weighted by atomic mass is 10.3. The van der Waals surface area contributed by atoms with E-state index in [1.165, 1.54) is 32.0 Å². The van der Waals surface area contributed by atoms with Crippen LogP contribution >= 0.6 is 0 Å². The van der Waals surface area contributed by atoms with Crippen LogP contribution in [-0.4, -0.2) is 26.0 Å². The molecular weight excluding hydrogens is 325 g/mol. The highest BCUT2D eigenvalue weighted by Crippen LogP contribution is 2.18. The molecule has 23 heavy (non-hydrogen) atoms. The second-order valence-electron chi connectivity index (χ2n) is 4.83. The molecular formula is C14H16FN3O4S. The minimum absolute atomic E-state index is 0.0352. The maximum atomic E-state index is 13.4. The van der Waals surface area contributed by atoms with E-state index in [1.54, 1.807) is 6.07 Å². The molecule has 7 nitrogen and oxygen atoms in total. The number of halogens is 1. The van der Waals surface area contributed by atoms with Crippen LogP contribution in [0.15, 0.2) is 33.7 Å². The van der Waals surface area contributed by atoms with E-state index in [2.05, 4.69) is 15.2 Å². The fraction of sp³-hybridized carbons (Fsp3) is 0.286. The average molecular weight is 341 g/mol. The van der Waals surface area contributed by atoms with Crippen LogP contribution < -0.4 is 10.0 Å². The van der Waals surface area contributed by atoms with Gasteiger partial charge in [-0.1, -0.05) is 17.3 Å². The van der Waals surface area contributed by atoms with Gasteiger partial charge in [-0.25, -0.2) is 17.5 Å². The molecule has 0 saturated heterocycles. The van der Waals surface area contributed by atoms with Gasteiger partial charge < -0.3 is 9.84 Å². The van der Waals surface area contributed by atoms with E-state index >= 15 is 0 Å². The van der Waals surface area contributed by atoms with Gasteiger partial charge in [0.2, 0.25) is 15.9 Å². The fourth-order valence-corrected chi connectivity index (χ4v) is 3.36. The van der Waals surface area contributed by atoms with Gasteiger partial charge in [0, 0.05) is 13.0 Å². The number of anilines is 1. The molecule has 9 heteroatoms. The van der Waals surface area contributed by atoms with Crippen LogP contribution in [0.2, 0.25) is 0 Å². The number of sulfonamides is 1. The Morgan fingerprint density at radius 3 is 2.61 bits per heavy atom. The van der Waals surface area contributed by atoms with Gasteiger partial charge in [0.05, 0.1) is 5.69 Å². The summed E-state index contributed by atoms with van der Waals surface area (Å²) >= 11 is 0. The zero-order valence-electron chi connectivity index (χ0n) is 12.6. The lowest BCUT2D eigenvalue weighted by Crippen LogP contribution is -2.28. The Bertz CT molecular complexity index is 798. The zero-order chi connectivity index (χ0) is 17.0. The van der Waals surface area contributed by atoms with Crippen LogP contribution in [0.3, 0.4) is 0 Å². The van der Waals surface area contributed by atoms with E-state index in [9.17, 15) is 17.6 Å². The van der Waals surface area contributed by atoms with Crippen LogP contribution in [0.1, 0.15) is 17.9 Å². The number of carbonyl (C=O) groups is 1. The van der Waals surface area contributed by atoms with E-state index in [4.69, 9.17) is 4.52 Å². The summed E-state index contributed by atoms with van der Waals surface area (Å²) in [4.78, 5) is 11.7. The highest BCUT2D eigenvalue weighted by Gasteiger charge is 2.23. The monoisotopic (exact) mass is 341 g/mol. The molecule has 0 spiro atoms. The van der Waals surface area contributed by atoms with Crippen molar-refractivity contribution in [2.45, 2.75) is 25.2 Å². The van der Waals surface area contributed by atoms with Crippen LogP contribution in [0.25, 0.3) is 0 Å². The molecule has 1 heterocycles. The molecule has 2 N–H and O–H groups in total. The molecule has 2 rings (SSSR count). The molecule has 0 unspecified atom stereocenters. The van der Waals surface area contributed by atoms with E-state index in [0.29, 0.717) is 0 Å². The molecule has 1 aromatic heterocycles. The predicted octanol–water partition coefficient (Wildman–Crippen LogP) is 1.74. The Balaban J connectivity index is 1.92. The van der Waals surface area contributed by atoms with Crippen LogP contribution in [0.5, 0.6) is 0 Å². The van der Waals surface area contributed by atoms with Crippen molar-refractivity contribution in [2.24, 2.45) is 0 Å². The smallest absolute Gasteiger partial charge is 0.245 e. The van der Waals surface area contributed by atoms with Crippen molar-refractivity contribution in [3.8, 4) is 0 Å². The number of benzene rings is 1. The molecule has 2 aromatic rings. The average Bonchev–Trinajstić information content (AvgIpc) is 2.81. The number of nitrogens with zero attached hydrogens (tertiary/aromatic N) is 1. The summed E-state index contributed by atoms with van der Waals surface area (Å²) in [5.74, 6) is -0.889. The lowest BCUT2D eigenvalue weighted by molar-refractivity contribution is -0.116. The third kappa shape index (κ3) is 4.14. The molecule has 1 amide bonds. The Morgan fingerprint density at radius 1 is 1.30 bits per heavy atom. The van der Waals surface area contributed by atoms with Crippen molar-refractivity contribution in [2.75, 3.05) is 11.9 Å². The van der Waals surface area contributed by atoms with Gasteiger partial charge in [0.1, 0.15) is 16.4 Å². The molecule has 0 bridgehead atoms. The first-order valence-corrected chi connectivity index (χ1v) is 8.26. The van der Waals surface area contributed by atoms with Crippen LogP contribution in [-0.2, 0) is 14.8 Å². The van der Waals surface area contributed by atoms with E-state index < -0.39 is 21.7 Å². The molecule has 0 aliphatic carbocycles. The molecule has 0 aliphatic heterocycles.